The van der Waals surface area contributed by atoms with Crippen LogP contribution in [0.4, 0.5) is 5.82 Å². The number of hydrogen-bond acceptors (Lipinski definition) is 5. The molecule has 17 heavy (non-hydrogen) atoms. The zero-order chi connectivity index (χ0) is 12.3. The van der Waals surface area contributed by atoms with Crippen molar-refractivity contribution in [1.29, 1.82) is 0 Å². The summed E-state index contributed by atoms with van der Waals surface area (Å²) < 4.78 is 1.88. The Morgan fingerprint density at radius 3 is 2.76 bits per heavy atom. The lowest BCUT2D eigenvalue weighted by Gasteiger charge is -2.07. The summed E-state index contributed by atoms with van der Waals surface area (Å²) in [4.78, 5) is 4.19. The molecule has 0 saturated heterocycles. The largest absolute Gasteiger partial charge is 0.392 e. The molecule has 2 rings (SSSR count). The van der Waals surface area contributed by atoms with Gasteiger partial charge in [0.1, 0.15) is 11.5 Å². The lowest BCUT2D eigenvalue weighted by atomic mass is 10.3. The van der Waals surface area contributed by atoms with Crippen molar-refractivity contribution in [3.05, 3.63) is 24.5 Å². The van der Waals surface area contributed by atoms with Gasteiger partial charge >= 0.3 is 0 Å². The number of aromatic nitrogens is 4. The summed E-state index contributed by atoms with van der Waals surface area (Å²) in [5.74, 6) is 1.42. The van der Waals surface area contributed by atoms with Crippen molar-refractivity contribution in [3.63, 3.8) is 0 Å². The highest BCUT2D eigenvalue weighted by molar-refractivity contribution is 5.51. The molecular weight excluding hydrogens is 218 g/mol. The molecule has 0 aliphatic heterocycles. The smallest absolute Gasteiger partial charge is 0.160 e. The van der Waals surface area contributed by atoms with Crippen molar-refractivity contribution < 1.29 is 5.11 Å². The third-order valence-corrected chi connectivity index (χ3v) is 2.29. The second kappa shape index (κ2) is 4.92. The standard InChI is InChI=1S/C11H15N5O/c1-8(17)7-13-10-4-3-9(14-15-10)11-12-5-6-16(11)2/h3-6,8,17H,7H2,1-2H3,(H,13,15). The summed E-state index contributed by atoms with van der Waals surface area (Å²) in [6, 6.07) is 3.67. The molecule has 2 aromatic heterocycles. The zero-order valence-corrected chi connectivity index (χ0v) is 9.83. The predicted octanol–water partition coefficient (Wildman–Crippen LogP) is 0.670. The lowest BCUT2D eigenvalue weighted by molar-refractivity contribution is 0.208. The van der Waals surface area contributed by atoms with Crippen molar-refractivity contribution >= 4 is 5.82 Å². The SMILES string of the molecule is CC(O)CNc1ccc(-c2nccn2C)nn1. The molecule has 90 valence electrons. The molecular formula is C11H15N5O. The van der Waals surface area contributed by atoms with Gasteiger partial charge < -0.3 is 15.0 Å². The highest BCUT2D eigenvalue weighted by Gasteiger charge is 2.05. The number of nitrogens with zero attached hydrogens (tertiary/aromatic N) is 4. The Hall–Kier alpha value is -1.95. The number of hydrogen-bond donors (Lipinski definition) is 2. The Morgan fingerprint density at radius 2 is 2.24 bits per heavy atom. The quantitative estimate of drug-likeness (QED) is 0.811. The van der Waals surface area contributed by atoms with Gasteiger partial charge in [-0.05, 0) is 19.1 Å². The number of anilines is 1. The number of aliphatic hydroxyl groups excluding tert-OH is 1. The number of imidazole rings is 1. The van der Waals surface area contributed by atoms with E-state index in [1.165, 1.54) is 0 Å². The third-order valence-electron chi connectivity index (χ3n) is 2.29. The van der Waals surface area contributed by atoms with Crippen LogP contribution in [0.25, 0.3) is 11.5 Å². The van der Waals surface area contributed by atoms with Gasteiger partial charge in [-0.1, -0.05) is 0 Å². The van der Waals surface area contributed by atoms with Crippen LogP contribution in [0, 0.1) is 0 Å². The van der Waals surface area contributed by atoms with Gasteiger partial charge in [0.15, 0.2) is 5.82 Å². The fourth-order valence-electron chi connectivity index (χ4n) is 1.41. The minimum absolute atomic E-state index is 0.411. The van der Waals surface area contributed by atoms with Crippen LogP contribution in [0.15, 0.2) is 24.5 Å². The zero-order valence-electron chi connectivity index (χ0n) is 9.83. The first kappa shape index (κ1) is 11.5. The van der Waals surface area contributed by atoms with Gasteiger partial charge in [0.2, 0.25) is 0 Å². The molecule has 1 unspecified atom stereocenters. The van der Waals surface area contributed by atoms with Crippen LogP contribution in [0.1, 0.15) is 6.92 Å². The molecule has 6 heteroatoms. The van der Waals surface area contributed by atoms with Crippen LogP contribution in [0.3, 0.4) is 0 Å². The Labute approximate surface area is 99.3 Å². The molecule has 6 nitrogen and oxygen atoms in total. The van der Waals surface area contributed by atoms with Crippen LogP contribution in [0.2, 0.25) is 0 Å². The van der Waals surface area contributed by atoms with Gasteiger partial charge in [-0.2, -0.15) is 0 Å². The van der Waals surface area contributed by atoms with Gasteiger partial charge in [0, 0.05) is 26.0 Å². The summed E-state index contributed by atoms with van der Waals surface area (Å²) in [5, 5.41) is 20.2. The van der Waals surface area contributed by atoms with E-state index in [0.29, 0.717) is 12.4 Å². The second-order valence-corrected chi connectivity index (χ2v) is 3.90. The van der Waals surface area contributed by atoms with E-state index in [1.807, 2.05) is 29.9 Å². The summed E-state index contributed by atoms with van der Waals surface area (Å²) in [6.45, 7) is 2.17. The second-order valence-electron chi connectivity index (χ2n) is 3.90. The van der Waals surface area contributed by atoms with Gasteiger partial charge in [-0.3, -0.25) is 0 Å². The lowest BCUT2D eigenvalue weighted by Crippen LogP contribution is -2.16. The van der Waals surface area contributed by atoms with Crippen LogP contribution >= 0.6 is 0 Å². The molecule has 0 bridgehead atoms. The summed E-state index contributed by atoms with van der Waals surface area (Å²) in [7, 11) is 1.91. The Kier molecular flexibility index (Phi) is 3.34. The van der Waals surface area contributed by atoms with Crippen LogP contribution in [0.5, 0.6) is 0 Å². The molecule has 0 radical (unpaired) electrons. The maximum Gasteiger partial charge on any atom is 0.160 e. The fraction of sp³-hybridized carbons (Fsp3) is 0.364. The highest BCUT2D eigenvalue weighted by Crippen LogP contribution is 2.13. The first-order valence-corrected chi connectivity index (χ1v) is 5.40. The van der Waals surface area contributed by atoms with Crippen LogP contribution in [-0.4, -0.2) is 37.5 Å². The maximum atomic E-state index is 9.13. The van der Waals surface area contributed by atoms with Crippen molar-refractivity contribution in [2.24, 2.45) is 7.05 Å². The molecule has 0 amide bonds. The van der Waals surface area contributed by atoms with E-state index in [9.17, 15) is 0 Å². The Bertz CT molecular complexity index is 477. The van der Waals surface area contributed by atoms with E-state index in [1.54, 1.807) is 13.1 Å². The topological polar surface area (TPSA) is 75.9 Å². The van der Waals surface area contributed by atoms with Gasteiger partial charge in [0.05, 0.1) is 6.10 Å². The van der Waals surface area contributed by atoms with Gasteiger partial charge in [0.25, 0.3) is 0 Å². The van der Waals surface area contributed by atoms with E-state index in [4.69, 9.17) is 5.11 Å². The number of aliphatic hydroxyl groups is 1. The van der Waals surface area contributed by atoms with Crippen LogP contribution < -0.4 is 5.32 Å². The van der Waals surface area contributed by atoms with Crippen molar-refractivity contribution in [2.45, 2.75) is 13.0 Å². The van der Waals surface area contributed by atoms with Crippen molar-refractivity contribution in [3.8, 4) is 11.5 Å². The molecule has 1 atom stereocenters. The molecule has 0 fully saturated rings. The molecule has 2 heterocycles. The molecule has 2 N–H and O–H groups in total. The number of nitrogens with one attached hydrogen (secondary N) is 1. The summed E-state index contributed by atoms with van der Waals surface area (Å²) in [6.07, 6.45) is 3.17. The molecule has 2 aromatic rings. The van der Waals surface area contributed by atoms with Gasteiger partial charge in [-0.15, -0.1) is 10.2 Å². The number of rotatable bonds is 4. The van der Waals surface area contributed by atoms with Crippen molar-refractivity contribution in [1.82, 2.24) is 19.7 Å². The van der Waals surface area contributed by atoms with E-state index in [0.717, 1.165) is 11.5 Å². The Balaban J connectivity index is 2.11. The van der Waals surface area contributed by atoms with E-state index < -0.39 is 6.10 Å². The van der Waals surface area contributed by atoms with Gasteiger partial charge in [-0.25, -0.2) is 4.98 Å². The summed E-state index contributed by atoms with van der Waals surface area (Å²) >= 11 is 0. The minimum Gasteiger partial charge on any atom is -0.392 e. The Morgan fingerprint density at radius 1 is 1.41 bits per heavy atom. The number of aryl methyl sites for hydroxylation is 1. The highest BCUT2D eigenvalue weighted by atomic mass is 16.3. The van der Waals surface area contributed by atoms with E-state index >= 15 is 0 Å². The van der Waals surface area contributed by atoms with E-state index in [-0.39, 0.29) is 0 Å². The van der Waals surface area contributed by atoms with E-state index in [2.05, 4.69) is 20.5 Å². The first-order chi connectivity index (χ1) is 8.16. The first-order valence-electron chi connectivity index (χ1n) is 5.40. The normalized spacial score (nSPS) is 12.4. The molecule has 0 spiro atoms. The predicted molar refractivity (Wildman–Crippen MR) is 64.4 cm³/mol. The maximum absolute atomic E-state index is 9.13. The average molecular weight is 233 g/mol. The van der Waals surface area contributed by atoms with Crippen LogP contribution in [-0.2, 0) is 7.05 Å². The molecule has 0 aromatic carbocycles. The molecule has 0 aliphatic rings. The summed E-state index contributed by atoms with van der Waals surface area (Å²) in [5.41, 5.74) is 0.722. The fourth-order valence-corrected chi connectivity index (χ4v) is 1.41. The third kappa shape index (κ3) is 2.79. The van der Waals surface area contributed by atoms with Crippen molar-refractivity contribution in [2.75, 3.05) is 11.9 Å². The minimum atomic E-state index is -0.411. The molecule has 0 saturated carbocycles. The molecule has 0 aliphatic carbocycles. The average Bonchev–Trinajstić information content (AvgIpc) is 2.73. The monoisotopic (exact) mass is 233 g/mol.